The van der Waals surface area contributed by atoms with Crippen molar-refractivity contribution in [1.29, 1.82) is 0 Å². The molecule has 0 aliphatic carbocycles. The first-order valence-corrected chi connectivity index (χ1v) is 13.4. The molecular formula is C30H33NO4S. The van der Waals surface area contributed by atoms with E-state index in [1.165, 1.54) is 32.4 Å². The minimum absolute atomic E-state index is 0.681. The molecular weight excluding hydrogens is 470 g/mol. The molecule has 1 aromatic heterocycles. The Labute approximate surface area is 216 Å². The topological polar surface area (TPSA) is 51.2 Å². The van der Waals surface area contributed by atoms with Crippen LogP contribution in [0.3, 0.4) is 0 Å². The van der Waals surface area contributed by atoms with Gasteiger partial charge in [-0.1, -0.05) is 18.6 Å². The molecule has 2 heterocycles. The number of aliphatic hydroxyl groups is 1. The van der Waals surface area contributed by atoms with Crippen molar-refractivity contribution in [3.63, 3.8) is 0 Å². The first kappa shape index (κ1) is 24.6. The lowest BCUT2D eigenvalue weighted by atomic mass is 9.96. The predicted octanol–water partition coefficient (Wildman–Crippen LogP) is 6.53. The quantitative estimate of drug-likeness (QED) is 0.281. The lowest BCUT2D eigenvalue weighted by molar-refractivity contribution is 0.183. The second-order valence-corrected chi connectivity index (χ2v) is 10.2. The smallest absolute Gasteiger partial charge is 0.120 e. The van der Waals surface area contributed by atoms with E-state index in [4.69, 9.17) is 14.2 Å². The third kappa shape index (κ3) is 5.36. The molecule has 3 aromatic carbocycles. The summed E-state index contributed by atoms with van der Waals surface area (Å²) in [4.78, 5) is 3.51. The normalized spacial score (nSPS) is 15.1. The van der Waals surface area contributed by atoms with Crippen LogP contribution < -0.4 is 14.2 Å². The van der Waals surface area contributed by atoms with Crippen LogP contribution in [0.1, 0.15) is 36.5 Å². The Hall–Kier alpha value is -3.06. The largest absolute Gasteiger partial charge is 0.497 e. The van der Waals surface area contributed by atoms with Crippen molar-refractivity contribution >= 4 is 21.4 Å². The summed E-state index contributed by atoms with van der Waals surface area (Å²) in [5.41, 5.74) is 2.79. The van der Waals surface area contributed by atoms with Gasteiger partial charge in [-0.25, -0.2) is 0 Å². The van der Waals surface area contributed by atoms with Crippen LogP contribution in [0, 0.1) is 0 Å². The number of thiophene rings is 1. The van der Waals surface area contributed by atoms with Crippen molar-refractivity contribution in [2.75, 3.05) is 40.5 Å². The zero-order valence-corrected chi connectivity index (χ0v) is 21.7. The van der Waals surface area contributed by atoms with Crippen molar-refractivity contribution < 1.29 is 19.3 Å². The fourth-order valence-electron chi connectivity index (χ4n) is 4.84. The molecule has 1 fully saturated rings. The van der Waals surface area contributed by atoms with E-state index in [0.717, 1.165) is 55.4 Å². The van der Waals surface area contributed by atoms with Gasteiger partial charge in [0.05, 0.1) is 14.2 Å². The van der Waals surface area contributed by atoms with Crippen LogP contribution in [0.5, 0.6) is 17.2 Å². The fraction of sp³-hybridized carbons (Fsp3) is 0.333. The highest BCUT2D eigenvalue weighted by atomic mass is 32.1. The van der Waals surface area contributed by atoms with Crippen molar-refractivity contribution in [2.24, 2.45) is 0 Å². The fourth-order valence-corrected chi connectivity index (χ4v) is 6.11. The predicted molar refractivity (Wildman–Crippen MR) is 147 cm³/mol. The number of likely N-dealkylation sites (tertiary alicyclic amines) is 1. The van der Waals surface area contributed by atoms with Crippen molar-refractivity contribution in [1.82, 2.24) is 4.90 Å². The summed E-state index contributed by atoms with van der Waals surface area (Å²) in [7, 11) is 3.34. The summed E-state index contributed by atoms with van der Waals surface area (Å²) in [6, 6.07) is 21.8. The van der Waals surface area contributed by atoms with Crippen LogP contribution in [0.2, 0.25) is 0 Å². The van der Waals surface area contributed by atoms with Crippen molar-refractivity contribution in [3.05, 3.63) is 77.9 Å². The molecule has 1 aliphatic heterocycles. The van der Waals surface area contributed by atoms with Crippen LogP contribution in [0.4, 0.5) is 0 Å². The third-order valence-electron chi connectivity index (χ3n) is 6.88. The van der Waals surface area contributed by atoms with Gasteiger partial charge in [-0.15, -0.1) is 11.3 Å². The van der Waals surface area contributed by atoms with Crippen LogP contribution in [0.15, 0.2) is 66.7 Å². The second-order valence-electron chi connectivity index (χ2n) is 9.16. The molecule has 6 heteroatoms. The number of nitrogens with zero attached hydrogens (tertiary/aromatic N) is 1. The molecule has 1 aliphatic rings. The zero-order chi connectivity index (χ0) is 24.9. The van der Waals surface area contributed by atoms with Crippen LogP contribution in [-0.2, 0) is 0 Å². The molecule has 0 radical (unpaired) electrons. The molecule has 188 valence electrons. The summed E-state index contributed by atoms with van der Waals surface area (Å²) in [5.74, 6) is 2.44. The molecule has 5 rings (SSSR count). The Morgan fingerprint density at radius 3 is 2.19 bits per heavy atom. The Bertz CT molecular complexity index is 1280. The molecule has 0 amide bonds. The maximum Gasteiger partial charge on any atom is 0.120 e. The molecule has 4 aromatic rings. The monoisotopic (exact) mass is 503 g/mol. The highest BCUT2D eigenvalue weighted by Crippen LogP contribution is 2.45. The summed E-state index contributed by atoms with van der Waals surface area (Å²) >= 11 is 1.66. The zero-order valence-electron chi connectivity index (χ0n) is 20.9. The van der Waals surface area contributed by atoms with E-state index in [-0.39, 0.29) is 0 Å². The van der Waals surface area contributed by atoms with Crippen molar-refractivity contribution in [3.8, 4) is 27.7 Å². The summed E-state index contributed by atoms with van der Waals surface area (Å²) in [6.07, 6.45) is 3.14. The summed E-state index contributed by atoms with van der Waals surface area (Å²) in [6.45, 7) is 3.98. The molecule has 1 unspecified atom stereocenters. The van der Waals surface area contributed by atoms with E-state index in [9.17, 15) is 5.11 Å². The van der Waals surface area contributed by atoms with E-state index >= 15 is 0 Å². The first-order chi connectivity index (χ1) is 17.7. The summed E-state index contributed by atoms with van der Waals surface area (Å²) < 4.78 is 17.9. The van der Waals surface area contributed by atoms with Crippen LogP contribution in [0.25, 0.3) is 20.5 Å². The molecule has 5 nitrogen and oxygen atoms in total. The number of hydrogen-bond acceptors (Lipinski definition) is 6. The molecule has 0 bridgehead atoms. The van der Waals surface area contributed by atoms with E-state index < -0.39 is 6.10 Å². The van der Waals surface area contributed by atoms with Crippen LogP contribution in [-0.4, -0.2) is 50.5 Å². The lowest BCUT2D eigenvalue weighted by Crippen LogP contribution is -2.33. The molecule has 1 N–H and O–H groups in total. The SMILES string of the molecule is COc1ccc(-c2sc3cc(OC)ccc3c2C(O)c2ccc(OCCN3CCCCC3)cc2)cc1. The number of aliphatic hydroxyl groups excluding tert-OH is 1. The van der Waals surface area contributed by atoms with Gasteiger partial charge in [0.25, 0.3) is 0 Å². The van der Waals surface area contributed by atoms with E-state index in [1.807, 2.05) is 66.7 Å². The lowest BCUT2D eigenvalue weighted by Gasteiger charge is -2.26. The maximum absolute atomic E-state index is 11.6. The minimum Gasteiger partial charge on any atom is -0.497 e. The van der Waals surface area contributed by atoms with Gasteiger partial charge in [-0.2, -0.15) is 0 Å². The number of hydrogen-bond donors (Lipinski definition) is 1. The second kappa shape index (κ2) is 11.3. The highest BCUT2D eigenvalue weighted by Gasteiger charge is 2.22. The van der Waals surface area contributed by atoms with Gasteiger partial charge in [-0.3, -0.25) is 4.90 Å². The van der Waals surface area contributed by atoms with E-state index in [0.29, 0.717) is 6.61 Å². The number of benzene rings is 3. The van der Waals surface area contributed by atoms with E-state index in [2.05, 4.69) is 4.90 Å². The third-order valence-corrected chi connectivity index (χ3v) is 8.10. The van der Waals surface area contributed by atoms with E-state index in [1.54, 1.807) is 25.6 Å². The number of methoxy groups -OCH3 is 2. The standard InChI is InChI=1S/C30H33NO4S/c1-33-23-10-8-22(9-11-23)30-28(26-15-14-25(34-2)20-27(26)36-30)29(32)21-6-12-24(13-7-21)35-19-18-31-16-4-3-5-17-31/h6-15,20,29,32H,3-5,16-19H2,1-2H3. The average Bonchev–Trinajstić information content (AvgIpc) is 3.32. The molecule has 1 saturated heterocycles. The van der Waals surface area contributed by atoms with Gasteiger partial charge in [0, 0.05) is 21.7 Å². The Balaban J connectivity index is 1.40. The maximum atomic E-state index is 11.6. The van der Waals surface area contributed by atoms with Gasteiger partial charge >= 0.3 is 0 Å². The van der Waals surface area contributed by atoms with Gasteiger partial charge in [0.15, 0.2) is 0 Å². The molecule has 1 atom stereocenters. The molecule has 36 heavy (non-hydrogen) atoms. The number of piperidine rings is 1. The van der Waals surface area contributed by atoms with Gasteiger partial charge in [0.1, 0.15) is 30.0 Å². The Morgan fingerprint density at radius 1 is 0.833 bits per heavy atom. The highest BCUT2D eigenvalue weighted by molar-refractivity contribution is 7.22. The van der Waals surface area contributed by atoms with Gasteiger partial charge < -0.3 is 19.3 Å². The molecule has 0 saturated carbocycles. The van der Waals surface area contributed by atoms with Gasteiger partial charge in [0.2, 0.25) is 0 Å². The number of ether oxygens (including phenoxy) is 3. The Morgan fingerprint density at radius 2 is 1.50 bits per heavy atom. The van der Waals surface area contributed by atoms with Gasteiger partial charge in [-0.05, 0) is 97.0 Å². The van der Waals surface area contributed by atoms with Crippen LogP contribution >= 0.6 is 11.3 Å². The first-order valence-electron chi connectivity index (χ1n) is 12.5. The van der Waals surface area contributed by atoms with Crippen molar-refractivity contribution in [2.45, 2.75) is 25.4 Å². The average molecular weight is 504 g/mol. The summed E-state index contributed by atoms with van der Waals surface area (Å²) in [5, 5.41) is 12.6. The molecule has 0 spiro atoms. The number of fused-ring (bicyclic) bond motifs is 1. The minimum atomic E-state index is -0.772. The Kier molecular flexibility index (Phi) is 7.75. The number of rotatable bonds is 9.